The molecule has 3 heterocycles. The quantitative estimate of drug-likeness (QED) is 0.830. The Morgan fingerprint density at radius 3 is 2.46 bits per heavy atom. The van der Waals surface area contributed by atoms with Gasteiger partial charge in [-0.2, -0.15) is 12.7 Å². The Balaban J connectivity index is 1.69. The lowest BCUT2D eigenvalue weighted by atomic mass is 10.2. The minimum Gasteiger partial charge on any atom is -0.465 e. The van der Waals surface area contributed by atoms with Crippen LogP contribution in [0.15, 0.2) is 16.5 Å². The molecule has 0 bridgehead atoms. The number of morpholine rings is 1. The topological polar surface area (TPSA) is 75.0 Å². The number of ether oxygens (including phenoxy) is 1. The van der Waals surface area contributed by atoms with Gasteiger partial charge in [0.05, 0.1) is 19.3 Å². The molecule has 0 amide bonds. The van der Waals surface area contributed by atoms with Gasteiger partial charge in [-0.1, -0.05) is 6.42 Å². The van der Waals surface area contributed by atoms with Crippen LogP contribution in [0, 0.1) is 6.92 Å². The molecule has 136 valence electrons. The summed E-state index contributed by atoms with van der Waals surface area (Å²) in [6.45, 7) is 6.30. The highest BCUT2D eigenvalue weighted by Crippen LogP contribution is 2.24. The van der Waals surface area contributed by atoms with Crippen LogP contribution in [-0.4, -0.2) is 63.6 Å². The minimum absolute atomic E-state index is 0.109. The lowest BCUT2D eigenvalue weighted by Crippen LogP contribution is -2.48. The predicted octanol–water partition coefficient (Wildman–Crippen LogP) is 1.28. The summed E-state index contributed by atoms with van der Waals surface area (Å²) in [6, 6.07) is 3.74. The molecule has 24 heavy (non-hydrogen) atoms. The third-order valence-electron chi connectivity index (χ3n) is 4.69. The molecule has 0 aliphatic carbocycles. The molecule has 0 aromatic carbocycles. The van der Waals surface area contributed by atoms with Crippen LogP contribution in [0.5, 0.6) is 0 Å². The molecule has 0 saturated carbocycles. The lowest BCUT2D eigenvalue weighted by Gasteiger charge is -2.34. The Kier molecular flexibility index (Phi) is 5.93. The molecule has 2 aliphatic rings. The zero-order valence-corrected chi connectivity index (χ0v) is 15.1. The summed E-state index contributed by atoms with van der Waals surface area (Å²) in [6.07, 6.45) is 2.98. The Hall–Kier alpha value is -0.930. The molecule has 1 unspecified atom stereocenters. The van der Waals surface area contributed by atoms with Gasteiger partial charge in [-0.05, 0) is 31.9 Å². The van der Waals surface area contributed by atoms with Crippen LogP contribution in [0.25, 0.3) is 0 Å². The SMILES string of the molecule is Cc1ccc(C(CNS(=O)(=O)N2CCCCC2)N2CCOCC2)o1. The molecule has 0 spiro atoms. The third-order valence-corrected chi connectivity index (χ3v) is 6.27. The van der Waals surface area contributed by atoms with Gasteiger partial charge in [0.2, 0.25) is 0 Å². The van der Waals surface area contributed by atoms with Gasteiger partial charge >= 0.3 is 0 Å². The lowest BCUT2D eigenvalue weighted by molar-refractivity contribution is 0.0126. The van der Waals surface area contributed by atoms with Crippen molar-refractivity contribution >= 4 is 10.2 Å². The molecule has 8 heteroatoms. The summed E-state index contributed by atoms with van der Waals surface area (Å²) in [5, 5.41) is 0. The first-order valence-corrected chi connectivity index (χ1v) is 10.1. The number of hydrogen-bond donors (Lipinski definition) is 1. The van der Waals surface area contributed by atoms with Crippen molar-refractivity contribution in [3.05, 3.63) is 23.7 Å². The summed E-state index contributed by atoms with van der Waals surface area (Å²) in [7, 11) is -3.43. The van der Waals surface area contributed by atoms with Crippen molar-refractivity contribution in [2.75, 3.05) is 45.9 Å². The van der Waals surface area contributed by atoms with E-state index in [9.17, 15) is 8.42 Å². The van der Waals surface area contributed by atoms with Crippen LogP contribution >= 0.6 is 0 Å². The van der Waals surface area contributed by atoms with Gasteiger partial charge in [0, 0.05) is 32.7 Å². The van der Waals surface area contributed by atoms with Gasteiger partial charge in [-0.25, -0.2) is 4.72 Å². The fourth-order valence-electron chi connectivity index (χ4n) is 3.31. The summed E-state index contributed by atoms with van der Waals surface area (Å²) in [5.74, 6) is 1.64. The number of nitrogens with zero attached hydrogens (tertiary/aromatic N) is 2. The molecular weight excluding hydrogens is 330 g/mol. The summed E-state index contributed by atoms with van der Waals surface area (Å²) < 4.78 is 40.6. The van der Waals surface area contributed by atoms with Gasteiger partial charge in [0.25, 0.3) is 10.2 Å². The van der Waals surface area contributed by atoms with E-state index in [1.54, 1.807) is 4.31 Å². The van der Waals surface area contributed by atoms with Crippen molar-refractivity contribution in [2.24, 2.45) is 0 Å². The summed E-state index contributed by atoms with van der Waals surface area (Å²) in [5.41, 5.74) is 0. The molecule has 7 nitrogen and oxygen atoms in total. The second kappa shape index (κ2) is 7.97. The Labute approximate surface area is 144 Å². The highest BCUT2D eigenvalue weighted by atomic mass is 32.2. The van der Waals surface area contributed by atoms with Gasteiger partial charge in [-0.15, -0.1) is 0 Å². The van der Waals surface area contributed by atoms with Crippen LogP contribution in [-0.2, 0) is 14.9 Å². The standard InChI is InChI=1S/C16H27N3O4S/c1-14-5-6-16(23-14)15(18-9-11-22-12-10-18)13-17-24(20,21)19-7-3-2-4-8-19/h5-6,15,17H,2-4,7-13H2,1H3. The normalized spacial score (nSPS) is 22.5. The van der Waals surface area contributed by atoms with Crippen molar-refractivity contribution in [1.82, 2.24) is 13.9 Å². The Morgan fingerprint density at radius 2 is 1.83 bits per heavy atom. The van der Waals surface area contributed by atoms with Crippen LogP contribution in [0.2, 0.25) is 0 Å². The zero-order chi connectivity index (χ0) is 17.0. The Bertz CT molecular complexity index is 619. The molecule has 1 N–H and O–H groups in total. The van der Waals surface area contributed by atoms with Crippen molar-refractivity contribution in [2.45, 2.75) is 32.2 Å². The zero-order valence-electron chi connectivity index (χ0n) is 14.2. The van der Waals surface area contributed by atoms with E-state index in [0.29, 0.717) is 32.8 Å². The number of nitrogens with one attached hydrogen (secondary N) is 1. The largest absolute Gasteiger partial charge is 0.465 e. The predicted molar refractivity (Wildman–Crippen MR) is 90.9 cm³/mol. The highest BCUT2D eigenvalue weighted by Gasteiger charge is 2.29. The first kappa shape index (κ1) is 17.9. The summed E-state index contributed by atoms with van der Waals surface area (Å²) in [4.78, 5) is 2.22. The summed E-state index contributed by atoms with van der Waals surface area (Å²) >= 11 is 0. The smallest absolute Gasteiger partial charge is 0.279 e. The fraction of sp³-hybridized carbons (Fsp3) is 0.750. The monoisotopic (exact) mass is 357 g/mol. The Morgan fingerprint density at radius 1 is 1.12 bits per heavy atom. The van der Waals surface area contributed by atoms with Crippen LogP contribution in [0.1, 0.15) is 36.8 Å². The molecule has 2 aliphatic heterocycles. The molecule has 0 radical (unpaired) electrons. The second-order valence-corrected chi connectivity index (χ2v) is 8.18. The first-order chi connectivity index (χ1) is 11.6. The molecule has 2 fully saturated rings. The van der Waals surface area contributed by atoms with E-state index in [1.165, 1.54) is 0 Å². The van der Waals surface area contributed by atoms with E-state index in [2.05, 4.69) is 9.62 Å². The number of furan rings is 1. The van der Waals surface area contributed by atoms with E-state index in [0.717, 1.165) is 43.9 Å². The molecule has 3 rings (SSSR count). The van der Waals surface area contributed by atoms with E-state index in [1.807, 2.05) is 19.1 Å². The number of aryl methyl sites for hydroxylation is 1. The maximum atomic E-state index is 12.6. The van der Waals surface area contributed by atoms with E-state index >= 15 is 0 Å². The fourth-order valence-corrected chi connectivity index (χ4v) is 4.60. The molecule has 2 saturated heterocycles. The van der Waals surface area contributed by atoms with Gasteiger partial charge in [0.15, 0.2) is 0 Å². The van der Waals surface area contributed by atoms with Crippen molar-refractivity contribution < 1.29 is 17.6 Å². The number of hydrogen-bond acceptors (Lipinski definition) is 5. The van der Waals surface area contributed by atoms with Crippen molar-refractivity contribution in [3.8, 4) is 0 Å². The van der Waals surface area contributed by atoms with Crippen LogP contribution < -0.4 is 4.72 Å². The van der Waals surface area contributed by atoms with Crippen molar-refractivity contribution in [1.29, 1.82) is 0 Å². The number of piperidine rings is 1. The van der Waals surface area contributed by atoms with E-state index < -0.39 is 10.2 Å². The molecule has 1 aromatic heterocycles. The van der Waals surface area contributed by atoms with Gasteiger partial charge < -0.3 is 9.15 Å². The average molecular weight is 357 g/mol. The minimum atomic E-state index is -3.43. The first-order valence-electron chi connectivity index (χ1n) is 8.69. The highest BCUT2D eigenvalue weighted by molar-refractivity contribution is 7.87. The molecule has 1 aromatic rings. The second-order valence-electron chi connectivity index (χ2n) is 6.43. The maximum Gasteiger partial charge on any atom is 0.279 e. The third kappa shape index (κ3) is 4.37. The molecular formula is C16H27N3O4S. The van der Waals surface area contributed by atoms with Gasteiger partial charge in [0.1, 0.15) is 11.5 Å². The van der Waals surface area contributed by atoms with Crippen LogP contribution in [0.3, 0.4) is 0 Å². The van der Waals surface area contributed by atoms with Crippen molar-refractivity contribution in [3.63, 3.8) is 0 Å². The van der Waals surface area contributed by atoms with Gasteiger partial charge in [-0.3, -0.25) is 4.90 Å². The maximum absolute atomic E-state index is 12.6. The van der Waals surface area contributed by atoms with Crippen LogP contribution in [0.4, 0.5) is 0 Å². The van der Waals surface area contributed by atoms with E-state index in [-0.39, 0.29) is 6.04 Å². The molecule has 1 atom stereocenters. The average Bonchev–Trinajstić information content (AvgIpc) is 3.03. The van der Waals surface area contributed by atoms with E-state index in [4.69, 9.17) is 9.15 Å². The number of rotatable bonds is 6.